The maximum absolute atomic E-state index is 15.1. The molecule has 4 aromatic rings. The molecule has 12 heteroatoms. The first kappa shape index (κ1) is 31.3. The van der Waals surface area contributed by atoms with E-state index < -0.39 is 17.6 Å². The number of rotatable bonds is 10. The SMILES string of the molecule is COc1c(OCC2CCNCC2)ccc2c(Oc3ccc(NC(=O)C(=O)NCCc4c(Cl)cccc4Cl)cc3F)ccnc12. The lowest BCUT2D eigenvalue weighted by atomic mass is 9.99. The number of methoxy groups -OCH3 is 1. The number of aromatic nitrogens is 1. The van der Waals surface area contributed by atoms with Gasteiger partial charge in [0.15, 0.2) is 23.1 Å². The number of pyridine rings is 1. The van der Waals surface area contributed by atoms with Crippen LogP contribution in [0.15, 0.2) is 60.8 Å². The molecule has 3 N–H and O–H groups in total. The van der Waals surface area contributed by atoms with Crippen LogP contribution in [0.25, 0.3) is 10.9 Å². The summed E-state index contributed by atoms with van der Waals surface area (Å²) in [6.07, 6.45) is 3.98. The Labute approximate surface area is 264 Å². The van der Waals surface area contributed by atoms with Crippen LogP contribution in [0.2, 0.25) is 10.0 Å². The Morgan fingerprint density at radius 3 is 2.48 bits per heavy atom. The van der Waals surface area contributed by atoms with Crippen molar-refractivity contribution in [1.29, 1.82) is 0 Å². The second kappa shape index (κ2) is 14.6. The van der Waals surface area contributed by atoms with Crippen molar-refractivity contribution in [3.63, 3.8) is 0 Å². The van der Waals surface area contributed by atoms with Gasteiger partial charge in [0.05, 0.1) is 13.7 Å². The Morgan fingerprint density at radius 1 is 1.00 bits per heavy atom. The molecule has 1 aromatic heterocycles. The highest BCUT2D eigenvalue weighted by Gasteiger charge is 2.19. The number of hydrogen-bond donors (Lipinski definition) is 3. The van der Waals surface area contributed by atoms with E-state index in [-0.39, 0.29) is 18.0 Å². The summed E-state index contributed by atoms with van der Waals surface area (Å²) in [5, 5.41) is 9.78. The normalized spacial score (nSPS) is 13.4. The van der Waals surface area contributed by atoms with Gasteiger partial charge in [-0.3, -0.25) is 14.6 Å². The minimum atomic E-state index is -0.950. The van der Waals surface area contributed by atoms with Gasteiger partial charge in [-0.15, -0.1) is 0 Å². The van der Waals surface area contributed by atoms with Crippen LogP contribution < -0.4 is 30.2 Å². The molecule has 0 radical (unpaired) electrons. The molecule has 0 aliphatic carbocycles. The van der Waals surface area contributed by atoms with Crippen molar-refractivity contribution in [2.75, 3.05) is 38.7 Å². The lowest BCUT2D eigenvalue weighted by Crippen LogP contribution is -2.36. The quantitative estimate of drug-likeness (QED) is 0.178. The van der Waals surface area contributed by atoms with E-state index in [1.165, 1.54) is 12.1 Å². The predicted octanol–water partition coefficient (Wildman–Crippen LogP) is 6.16. The Hall–Kier alpha value is -4.12. The summed E-state index contributed by atoms with van der Waals surface area (Å²) in [5.41, 5.74) is 1.26. The van der Waals surface area contributed by atoms with Gasteiger partial charge in [0.25, 0.3) is 0 Å². The molecule has 0 spiro atoms. The molecule has 0 saturated carbocycles. The molecule has 1 fully saturated rings. The highest BCUT2D eigenvalue weighted by molar-refractivity contribution is 6.39. The first-order valence-electron chi connectivity index (χ1n) is 14.1. The Morgan fingerprint density at radius 2 is 1.75 bits per heavy atom. The van der Waals surface area contributed by atoms with E-state index in [4.69, 9.17) is 37.4 Å². The predicted molar refractivity (Wildman–Crippen MR) is 168 cm³/mol. The number of fused-ring (bicyclic) bond motifs is 1. The van der Waals surface area contributed by atoms with Crippen molar-refractivity contribution < 1.29 is 28.2 Å². The second-order valence-electron chi connectivity index (χ2n) is 10.2. The van der Waals surface area contributed by atoms with Gasteiger partial charge >= 0.3 is 11.8 Å². The van der Waals surface area contributed by atoms with E-state index in [1.54, 1.807) is 49.7 Å². The summed E-state index contributed by atoms with van der Waals surface area (Å²) in [6, 6.07) is 14.2. The molecule has 0 bridgehead atoms. The number of piperidine rings is 1. The van der Waals surface area contributed by atoms with E-state index >= 15 is 4.39 Å². The van der Waals surface area contributed by atoms with Crippen LogP contribution in [0.5, 0.6) is 23.0 Å². The highest BCUT2D eigenvalue weighted by atomic mass is 35.5. The number of carbonyl (C=O) groups is 2. The maximum Gasteiger partial charge on any atom is 0.313 e. The number of anilines is 1. The Kier molecular flexibility index (Phi) is 10.4. The third-order valence-corrected chi connectivity index (χ3v) is 7.97. The number of benzene rings is 3. The number of halogens is 3. The zero-order chi connectivity index (χ0) is 31.1. The number of amides is 2. The van der Waals surface area contributed by atoms with Crippen LogP contribution in [0.1, 0.15) is 18.4 Å². The third-order valence-electron chi connectivity index (χ3n) is 7.27. The van der Waals surface area contributed by atoms with Crippen molar-refractivity contribution in [2.45, 2.75) is 19.3 Å². The van der Waals surface area contributed by atoms with E-state index in [2.05, 4.69) is 20.9 Å². The van der Waals surface area contributed by atoms with Gasteiger partial charge in [-0.2, -0.15) is 0 Å². The van der Waals surface area contributed by atoms with Crippen molar-refractivity contribution in [3.8, 4) is 23.0 Å². The third kappa shape index (κ3) is 7.50. The topological polar surface area (TPSA) is 111 Å². The average molecular weight is 642 g/mol. The molecule has 9 nitrogen and oxygen atoms in total. The number of carbonyl (C=O) groups excluding carboxylic acids is 2. The number of ether oxygens (including phenoxy) is 3. The first-order chi connectivity index (χ1) is 21.3. The first-order valence-corrected chi connectivity index (χ1v) is 14.9. The molecule has 2 heterocycles. The van der Waals surface area contributed by atoms with Crippen LogP contribution in [0, 0.1) is 11.7 Å². The van der Waals surface area contributed by atoms with Crippen LogP contribution in [-0.2, 0) is 16.0 Å². The van der Waals surface area contributed by atoms with Gasteiger partial charge in [-0.1, -0.05) is 29.3 Å². The average Bonchev–Trinajstić information content (AvgIpc) is 3.02. The van der Waals surface area contributed by atoms with Gasteiger partial charge in [-0.25, -0.2) is 4.39 Å². The van der Waals surface area contributed by atoms with Crippen LogP contribution >= 0.6 is 23.2 Å². The molecule has 2 amide bonds. The van der Waals surface area contributed by atoms with E-state index in [1.807, 2.05) is 0 Å². The highest BCUT2D eigenvalue weighted by Crippen LogP contribution is 2.40. The number of nitrogens with zero attached hydrogens (tertiary/aromatic N) is 1. The second-order valence-corrected chi connectivity index (χ2v) is 11.0. The smallest absolute Gasteiger partial charge is 0.313 e. The molecular formula is C32H31Cl2FN4O5. The molecule has 5 rings (SSSR count). The van der Waals surface area contributed by atoms with E-state index in [9.17, 15) is 9.59 Å². The fraction of sp³-hybridized carbons (Fsp3) is 0.281. The maximum atomic E-state index is 15.1. The standard InChI is InChI=1S/C32H31Cl2FN4O5/c1-42-30-28(43-18-19-9-13-36-14-10-19)8-6-22-26(12-16-37-29(22)30)44-27-7-5-20(17-25(27)35)39-32(41)31(40)38-15-11-21-23(33)3-2-4-24(21)34/h2-8,12,16-17,19,36H,9-11,13-15,18H2,1H3,(H,38,40)(H,39,41). The molecular weight excluding hydrogens is 610 g/mol. The molecule has 230 valence electrons. The molecule has 44 heavy (non-hydrogen) atoms. The number of nitrogens with one attached hydrogen (secondary N) is 3. The van der Waals surface area contributed by atoms with Gasteiger partial charge in [0.1, 0.15) is 11.3 Å². The van der Waals surface area contributed by atoms with Crippen LogP contribution in [0.3, 0.4) is 0 Å². The van der Waals surface area contributed by atoms with Crippen LogP contribution in [-0.4, -0.2) is 50.1 Å². The summed E-state index contributed by atoms with van der Waals surface area (Å²) in [7, 11) is 1.54. The van der Waals surface area contributed by atoms with Crippen molar-refractivity contribution in [3.05, 3.63) is 82.2 Å². The summed E-state index contributed by atoms with van der Waals surface area (Å²) in [4.78, 5) is 29.1. The fourth-order valence-corrected chi connectivity index (χ4v) is 5.51. The molecule has 1 saturated heterocycles. The molecule has 1 aliphatic heterocycles. The molecule has 0 unspecified atom stereocenters. The van der Waals surface area contributed by atoms with Gasteiger partial charge in [0.2, 0.25) is 0 Å². The zero-order valence-corrected chi connectivity index (χ0v) is 25.4. The summed E-state index contributed by atoms with van der Waals surface area (Å²) in [6.45, 7) is 2.66. The lowest BCUT2D eigenvalue weighted by molar-refractivity contribution is -0.136. The summed E-state index contributed by atoms with van der Waals surface area (Å²) in [5.74, 6) is -0.800. The monoisotopic (exact) mass is 640 g/mol. The minimum absolute atomic E-state index is 0.0817. The van der Waals surface area contributed by atoms with Crippen molar-refractivity contribution >= 4 is 51.6 Å². The van der Waals surface area contributed by atoms with Crippen LogP contribution in [0.4, 0.5) is 10.1 Å². The van der Waals surface area contributed by atoms with Crippen molar-refractivity contribution in [2.24, 2.45) is 5.92 Å². The summed E-state index contributed by atoms with van der Waals surface area (Å²) >= 11 is 12.3. The van der Waals surface area contributed by atoms with Gasteiger partial charge in [0, 0.05) is 39.9 Å². The fourth-order valence-electron chi connectivity index (χ4n) is 4.93. The van der Waals surface area contributed by atoms with Crippen molar-refractivity contribution in [1.82, 2.24) is 15.6 Å². The zero-order valence-electron chi connectivity index (χ0n) is 23.9. The molecule has 1 aliphatic rings. The van der Waals surface area contributed by atoms with Gasteiger partial charge in [-0.05, 0) is 86.3 Å². The Bertz CT molecular complexity index is 1650. The Balaban J connectivity index is 1.22. The lowest BCUT2D eigenvalue weighted by Gasteiger charge is -2.23. The largest absolute Gasteiger partial charge is 0.491 e. The number of hydrogen-bond acceptors (Lipinski definition) is 7. The molecule has 3 aromatic carbocycles. The molecule has 0 atom stereocenters. The minimum Gasteiger partial charge on any atom is -0.491 e. The van der Waals surface area contributed by atoms with E-state index in [0.717, 1.165) is 32.0 Å². The van der Waals surface area contributed by atoms with E-state index in [0.29, 0.717) is 62.7 Å². The summed E-state index contributed by atoms with van der Waals surface area (Å²) < 4.78 is 32.7. The van der Waals surface area contributed by atoms with Gasteiger partial charge < -0.3 is 30.2 Å².